The van der Waals surface area contributed by atoms with Crippen LogP contribution in [0.15, 0.2) is 40.4 Å². The molecule has 0 amide bonds. The molecule has 4 aliphatic rings. The lowest BCUT2D eigenvalue weighted by atomic mass is 10.1. The van der Waals surface area contributed by atoms with Crippen LogP contribution >= 0.6 is 11.6 Å². The highest BCUT2D eigenvalue weighted by Gasteiger charge is 2.28. The predicted molar refractivity (Wildman–Crippen MR) is 142 cm³/mol. The lowest BCUT2D eigenvalue weighted by Gasteiger charge is -2.34. The Morgan fingerprint density at radius 2 is 1.94 bits per heavy atom. The van der Waals surface area contributed by atoms with Crippen molar-refractivity contribution in [3.05, 3.63) is 51.6 Å². The van der Waals surface area contributed by atoms with Gasteiger partial charge in [-0.15, -0.1) is 0 Å². The largest absolute Gasteiger partial charge is 0.423 e. The molecular weight excluding hydrogens is 460 g/mol. The monoisotopic (exact) mass is 490 g/mol. The Morgan fingerprint density at radius 3 is 2.71 bits per heavy atom. The van der Waals surface area contributed by atoms with Gasteiger partial charge in [0.2, 0.25) is 0 Å². The summed E-state index contributed by atoms with van der Waals surface area (Å²) in [4.78, 5) is 18.9. The number of anilines is 2. The Balaban J connectivity index is 1.29. The van der Waals surface area contributed by atoms with Crippen LogP contribution in [0, 0.1) is 5.92 Å². The van der Waals surface area contributed by atoms with Crippen molar-refractivity contribution in [2.45, 2.75) is 33.1 Å². The number of nitrogens with zero attached hydrogens (tertiary/aromatic N) is 5. The zero-order chi connectivity index (χ0) is 23.9. The van der Waals surface area contributed by atoms with E-state index in [0.717, 1.165) is 62.9 Å². The fourth-order valence-electron chi connectivity index (χ4n) is 5.03. The molecule has 7 nitrogen and oxygen atoms in total. The summed E-state index contributed by atoms with van der Waals surface area (Å²) in [5.41, 5.74) is 4.97. The van der Waals surface area contributed by atoms with E-state index in [0.29, 0.717) is 22.5 Å². The normalized spacial score (nSPS) is 19.9. The third kappa shape index (κ3) is 4.80. The Kier molecular flexibility index (Phi) is 5.98. The third-order valence-corrected chi connectivity index (χ3v) is 7.63. The summed E-state index contributed by atoms with van der Waals surface area (Å²) in [6, 6.07) is 6.28. The number of piperazine rings is 1. The summed E-state index contributed by atoms with van der Waals surface area (Å²) < 4.78 is 6.20. The van der Waals surface area contributed by atoms with Crippen molar-refractivity contribution >= 4 is 35.1 Å². The summed E-state index contributed by atoms with van der Waals surface area (Å²) in [7, 11) is 0. The molecule has 0 unspecified atom stereocenters. The maximum absolute atomic E-state index is 6.74. The lowest BCUT2D eigenvalue weighted by molar-refractivity contribution is 0.270. The van der Waals surface area contributed by atoms with Gasteiger partial charge in [-0.1, -0.05) is 36.2 Å². The van der Waals surface area contributed by atoms with E-state index in [-0.39, 0.29) is 6.01 Å². The first-order valence-electron chi connectivity index (χ1n) is 12.6. The molecule has 8 heteroatoms. The number of hydrogen-bond donors (Lipinski definition) is 1. The predicted octanol–water partition coefficient (Wildman–Crippen LogP) is 5.18. The minimum atomic E-state index is 0.286. The van der Waals surface area contributed by atoms with Crippen molar-refractivity contribution in [1.82, 2.24) is 14.9 Å². The summed E-state index contributed by atoms with van der Waals surface area (Å²) in [5, 5.41) is 4.01. The molecular formula is C27H31ClN6O. The topological polar surface area (TPSA) is 65.9 Å². The van der Waals surface area contributed by atoms with Gasteiger partial charge < -0.3 is 19.9 Å². The standard InChI is InChI=1S/C27H31ClN6O/c1-3-33-8-10-34(11-9-33)25-15-24(30-23-14-20(16-29-23)18-4-5-18)31-27(32-25)35-22-7-6-19-12-17(2)13-21(19)26(22)28/h6-7,13-15,18H,3-5,8-12,16H2,1-2H3,(H,29,30,31,32). The zero-order valence-corrected chi connectivity index (χ0v) is 21.1. The minimum absolute atomic E-state index is 0.286. The Morgan fingerprint density at radius 1 is 1.11 bits per heavy atom. The number of aliphatic imine (C=N–C) groups is 1. The van der Waals surface area contributed by atoms with Crippen molar-refractivity contribution in [3.8, 4) is 11.8 Å². The fraction of sp³-hybridized carbons (Fsp3) is 0.444. The van der Waals surface area contributed by atoms with Crippen molar-refractivity contribution < 1.29 is 4.74 Å². The van der Waals surface area contributed by atoms with Gasteiger partial charge in [0.05, 0.1) is 11.6 Å². The first-order valence-corrected chi connectivity index (χ1v) is 13.0. The van der Waals surface area contributed by atoms with Crippen LogP contribution in [0.1, 0.15) is 37.8 Å². The van der Waals surface area contributed by atoms with Crippen LogP contribution in [-0.2, 0) is 6.42 Å². The van der Waals surface area contributed by atoms with Crippen LogP contribution in [0.2, 0.25) is 5.02 Å². The molecule has 2 aromatic rings. The number of hydrogen-bond acceptors (Lipinski definition) is 7. The maximum atomic E-state index is 6.74. The van der Waals surface area contributed by atoms with Gasteiger partial charge in [-0.25, -0.2) is 0 Å². The maximum Gasteiger partial charge on any atom is 0.325 e. The van der Waals surface area contributed by atoms with Gasteiger partial charge in [0.25, 0.3) is 0 Å². The molecule has 1 aromatic carbocycles. The molecule has 182 valence electrons. The number of allylic oxidation sites excluding steroid dienone is 1. The molecule has 2 aliphatic heterocycles. The lowest BCUT2D eigenvalue weighted by Crippen LogP contribution is -2.46. The second-order valence-corrected chi connectivity index (χ2v) is 10.2. The van der Waals surface area contributed by atoms with E-state index in [2.05, 4.69) is 57.2 Å². The summed E-state index contributed by atoms with van der Waals surface area (Å²) in [6.45, 7) is 10.0. The van der Waals surface area contributed by atoms with Crippen molar-refractivity contribution in [1.29, 1.82) is 0 Å². The number of aromatic nitrogens is 2. The number of halogens is 1. The molecule has 35 heavy (non-hydrogen) atoms. The second kappa shape index (κ2) is 9.28. The number of amidine groups is 1. The van der Waals surface area contributed by atoms with Gasteiger partial charge in [-0.3, -0.25) is 4.99 Å². The molecule has 0 radical (unpaired) electrons. The smallest absolute Gasteiger partial charge is 0.325 e. The second-order valence-electron chi connectivity index (χ2n) is 9.86. The molecule has 1 N–H and O–H groups in total. The van der Waals surface area contributed by atoms with Gasteiger partial charge in [0.15, 0.2) is 0 Å². The van der Waals surface area contributed by atoms with Crippen molar-refractivity contribution in [3.63, 3.8) is 0 Å². The molecule has 1 saturated carbocycles. The van der Waals surface area contributed by atoms with Crippen LogP contribution in [0.3, 0.4) is 0 Å². The number of rotatable bonds is 6. The Hall–Kier alpha value is -2.90. The van der Waals surface area contributed by atoms with E-state index in [4.69, 9.17) is 21.3 Å². The summed E-state index contributed by atoms with van der Waals surface area (Å²) in [6.07, 6.45) is 7.79. The van der Waals surface area contributed by atoms with Crippen LogP contribution in [0.25, 0.3) is 6.08 Å². The van der Waals surface area contributed by atoms with E-state index in [1.54, 1.807) is 0 Å². The fourth-order valence-corrected chi connectivity index (χ4v) is 5.30. The first kappa shape index (κ1) is 22.6. The average molecular weight is 491 g/mol. The molecule has 1 saturated heterocycles. The molecule has 3 heterocycles. The van der Waals surface area contributed by atoms with Gasteiger partial charge in [-0.05, 0) is 61.9 Å². The molecule has 6 rings (SSSR count). The average Bonchev–Trinajstić information content (AvgIpc) is 3.49. The first-order chi connectivity index (χ1) is 17.1. The van der Waals surface area contributed by atoms with E-state index >= 15 is 0 Å². The number of fused-ring (bicyclic) bond motifs is 1. The molecule has 0 spiro atoms. The molecule has 1 aromatic heterocycles. The third-order valence-electron chi connectivity index (χ3n) is 7.24. The SMILES string of the molecule is CCN1CCN(c2cc(NC3=NCC(C4CC4)=C3)nc(Oc3ccc4c(c3Cl)C=C(C)C4)n2)CC1. The van der Waals surface area contributed by atoms with Crippen LogP contribution in [-0.4, -0.2) is 60.0 Å². The van der Waals surface area contributed by atoms with Gasteiger partial charge >= 0.3 is 6.01 Å². The van der Waals surface area contributed by atoms with Crippen LogP contribution < -0.4 is 15.0 Å². The highest BCUT2D eigenvalue weighted by molar-refractivity contribution is 6.33. The summed E-state index contributed by atoms with van der Waals surface area (Å²) in [5.74, 6) is 3.68. The molecule has 0 atom stereocenters. The summed E-state index contributed by atoms with van der Waals surface area (Å²) >= 11 is 6.74. The Labute approximate surface area is 211 Å². The zero-order valence-electron chi connectivity index (χ0n) is 20.4. The van der Waals surface area contributed by atoms with E-state index in [1.807, 2.05) is 12.1 Å². The molecule has 2 fully saturated rings. The highest BCUT2D eigenvalue weighted by Crippen LogP contribution is 2.39. The number of ether oxygens (including phenoxy) is 1. The van der Waals surface area contributed by atoms with Crippen molar-refractivity contribution in [2.75, 3.05) is 49.5 Å². The molecule has 2 aliphatic carbocycles. The van der Waals surface area contributed by atoms with E-state index in [1.165, 1.54) is 29.6 Å². The van der Waals surface area contributed by atoms with Gasteiger partial charge in [-0.2, -0.15) is 9.97 Å². The molecule has 0 bridgehead atoms. The number of benzene rings is 1. The Bertz CT molecular complexity index is 1240. The highest BCUT2D eigenvalue weighted by atomic mass is 35.5. The van der Waals surface area contributed by atoms with Crippen molar-refractivity contribution in [2.24, 2.45) is 10.9 Å². The van der Waals surface area contributed by atoms with E-state index < -0.39 is 0 Å². The van der Waals surface area contributed by atoms with Gasteiger partial charge in [0.1, 0.15) is 23.2 Å². The van der Waals surface area contributed by atoms with Crippen LogP contribution in [0.4, 0.5) is 11.6 Å². The van der Waals surface area contributed by atoms with Crippen LogP contribution in [0.5, 0.6) is 11.8 Å². The number of nitrogens with one attached hydrogen (secondary N) is 1. The minimum Gasteiger partial charge on any atom is -0.423 e. The van der Waals surface area contributed by atoms with E-state index in [9.17, 15) is 0 Å². The quantitative estimate of drug-likeness (QED) is 0.601. The van der Waals surface area contributed by atoms with Gasteiger partial charge in [0, 0.05) is 37.8 Å². The number of likely N-dealkylation sites (N-methyl/N-ethyl adjacent to an activating group) is 1.